The molecule has 0 aliphatic heterocycles. The molecule has 0 amide bonds. The van der Waals surface area contributed by atoms with Gasteiger partial charge in [0.05, 0.1) is 12.7 Å². The van der Waals surface area contributed by atoms with Crippen LogP contribution < -0.4 is 11.1 Å². The highest BCUT2D eigenvalue weighted by Gasteiger charge is 2.07. The Morgan fingerprint density at radius 1 is 1.57 bits per heavy atom. The summed E-state index contributed by atoms with van der Waals surface area (Å²) >= 11 is 0. The van der Waals surface area contributed by atoms with Crippen LogP contribution in [0.25, 0.3) is 0 Å². The summed E-state index contributed by atoms with van der Waals surface area (Å²) in [7, 11) is 3.29. The Hall–Kier alpha value is -1.55. The third-order valence-electron chi connectivity index (χ3n) is 2.04. The van der Waals surface area contributed by atoms with Gasteiger partial charge >= 0.3 is 0 Å². The molecule has 0 atom stereocenters. The van der Waals surface area contributed by atoms with Crippen molar-refractivity contribution in [2.45, 2.75) is 6.54 Å². The number of hydrogen-bond donors (Lipinski definition) is 3. The fraction of sp³-hybridized carbons (Fsp3) is 0.300. The maximum absolute atomic E-state index is 7.59. The van der Waals surface area contributed by atoms with Gasteiger partial charge < -0.3 is 15.8 Å². The Bertz CT molecular complexity index is 336. The van der Waals surface area contributed by atoms with Crippen LogP contribution in [0.4, 0.5) is 5.69 Å². The van der Waals surface area contributed by atoms with Crippen molar-refractivity contribution in [3.8, 4) is 0 Å². The van der Waals surface area contributed by atoms with Gasteiger partial charge in [-0.15, -0.1) is 0 Å². The highest BCUT2D eigenvalue weighted by molar-refractivity contribution is 5.97. The smallest absolute Gasteiger partial charge is 0.215 e. The molecule has 4 nitrogen and oxygen atoms in total. The molecular formula is C10H15N3O. The Labute approximate surface area is 83.6 Å². The van der Waals surface area contributed by atoms with Gasteiger partial charge in [0, 0.05) is 19.3 Å². The SMILES string of the molecule is CNc1ccc(CN)cc1C(=N)OC. The number of rotatable bonds is 3. The molecule has 4 heteroatoms. The number of benzene rings is 1. The van der Waals surface area contributed by atoms with Gasteiger partial charge in [0.1, 0.15) is 0 Å². The molecular weight excluding hydrogens is 178 g/mol. The predicted octanol–water partition coefficient (Wildman–Crippen LogP) is 1.16. The van der Waals surface area contributed by atoms with Crippen LogP contribution in [0.3, 0.4) is 0 Å². The number of nitrogens with two attached hydrogens (primary N) is 1. The van der Waals surface area contributed by atoms with Gasteiger partial charge in [-0.25, -0.2) is 0 Å². The Balaban J connectivity index is 3.14. The number of methoxy groups -OCH3 is 1. The largest absolute Gasteiger partial charge is 0.481 e. The van der Waals surface area contributed by atoms with E-state index in [1.54, 1.807) is 0 Å². The van der Waals surface area contributed by atoms with Crippen molar-refractivity contribution < 1.29 is 4.74 Å². The quantitative estimate of drug-likeness (QED) is 0.498. The molecule has 0 bridgehead atoms. The number of anilines is 1. The lowest BCUT2D eigenvalue weighted by atomic mass is 10.1. The molecule has 0 spiro atoms. The summed E-state index contributed by atoms with van der Waals surface area (Å²) in [6, 6.07) is 5.68. The average molecular weight is 193 g/mol. The zero-order valence-corrected chi connectivity index (χ0v) is 8.42. The second-order valence-electron chi connectivity index (χ2n) is 2.87. The third-order valence-corrected chi connectivity index (χ3v) is 2.04. The molecule has 1 aromatic carbocycles. The van der Waals surface area contributed by atoms with Crippen LogP contribution in [0.15, 0.2) is 18.2 Å². The average Bonchev–Trinajstić information content (AvgIpc) is 2.27. The normalized spacial score (nSPS) is 9.64. The zero-order chi connectivity index (χ0) is 10.6. The molecule has 0 aliphatic rings. The zero-order valence-electron chi connectivity index (χ0n) is 8.42. The molecule has 1 rings (SSSR count). The van der Waals surface area contributed by atoms with E-state index in [1.807, 2.05) is 25.2 Å². The van der Waals surface area contributed by atoms with Crippen molar-refractivity contribution in [2.75, 3.05) is 19.5 Å². The number of ether oxygens (including phenoxy) is 1. The van der Waals surface area contributed by atoms with E-state index in [4.69, 9.17) is 15.9 Å². The van der Waals surface area contributed by atoms with Gasteiger partial charge in [-0.3, -0.25) is 5.41 Å². The van der Waals surface area contributed by atoms with E-state index in [0.717, 1.165) is 16.8 Å². The minimum Gasteiger partial charge on any atom is -0.481 e. The molecule has 0 radical (unpaired) electrons. The maximum atomic E-state index is 7.59. The van der Waals surface area contributed by atoms with Gasteiger partial charge in [0.15, 0.2) is 0 Å². The molecule has 0 heterocycles. The van der Waals surface area contributed by atoms with Crippen molar-refractivity contribution in [3.63, 3.8) is 0 Å². The van der Waals surface area contributed by atoms with Crippen molar-refractivity contribution in [2.24, 2.45) is 5.73 Å². The van der Waals surface area contributed by atoms with Crippen LogP contribution in [0.2, 0.25) is 0 Å². The molecule has 0 aliphatic carbocycles. The van der Waals surface area contributed by atoms with E-state index >= 15 is 0 Å². The van der Waals surface area contributed by atoms with Gasteiger partial charge in [0.25, 0.3) is 0 Å². The first-order valence-corrected chi connectivity index (χ1v) is 4.36. The topological polar surface area (TPSA) is 71.1 Å². The van der Waals surface area contributed by atoms with E-state index < -0.39 is 0 Å². The molecule has 76 valence electrons. The lowest BCUT2D eigenvalue weighted by Gasteiger charge is -2.10. The lowest BCUT2D eigenvalue weighted by molar-refractivity contribution is 0.401. The van der Waals surface area contributed by atoms with Crippen molar-refractivity contribution in [1.29, 1.82) is 5.41 Å². The van der Waals surface area contributed by atoms with E-state index in [9.17, 15) is 0 Å². The van der Waals surface area contributed by atoms with Crippen molar-refractivity contribution in [1.82, 2.24) is 0 Å². The molecule has 0 aromatic heterocycles. The van der Waals surface area contributed by atoms with Gasteiger partial charge in [-0.2, -0.15) is 0 Å². The molecule has 4 N–H and O–H groups in total. The van der Waals surface area contributed by atoms with Crippen LogP contribution in [0.1, 0.15) is 11.1 Å². The number of hydrogen-bond acceptors (Lipinski definition) is 4. The molecule has 0 saturated carbocycles. The summed E-state index contributed by atoms with van der Waals surface area (Å²) < 4.78 is 4.88. The molecule has 0 saturated heterocycles. The van der Waals surface area contributed by atoms with Crippen LogP contribution in [-0.2, 0) is 11.3 Å². The van der Waals surface area contributed by atoms with E-state index in [1.165, 1.54) is 7.11 Å². The lowest BCUT2D eigenvalue weighted by Crippen LogP contribution is -2.07. The summed E-state index contributed by atoms with van der Waals surface area (Å²) in [5, 5.41) is 10.6. The second kappa shape index (κ2) is 4.62. The first kappa shape index (κ1) is 10.5. The van der Waals surface area contributed by atoms with Crippen molar-refractivity contribution >= 4 is 11.6 Å². The fourth-order valence-electron chi connectivity index (χ4n) is 1.23. The summed E-state index contributed by atoms with van der Waals surface area (Å²) in [4.78, 5) is 0. The summed E-state index contributed by atoms with van der Waals surface area (Å²) in [6.45, 7) is 0.466. The molecule has 14 heavy (non-hydrogen) atoms. The van der Waals surface area contributed by atoms with Crippen molar-refractivity contribution in [3.05, 3.63) is 29.3 Å². The highest BCUT2D eigenvalue weighted by Crippen LogP contribution is 2.17. The minimum atomic E-state index is 0.143. The Morgan fingerprint density at radius 3 is 2.79 bits per heavy atom. The molecule has 0 unspecified atom stereocenters. The third kappa shape index (κ3) is 2.03. The summed E-state index contributed by atoms with van der Waals surface area (Å²) in [5.74, 6) is 0.143. The van der Waals surface area contributed by atoms with Crippen LogP contribution in [0.5, 0.6) is 0 Å². The second-order valence-corrected chi connectivity index (χ2v) is 2.87. The van der Waals surface area contributed by atoms with Crippen LogP contribution >= 0.6 is 0 Å². The maximum Gasteiger partial charge on any atom is 0.215 e. The monoisotopic (exact) mass is 193 g/mol. The van der Waals surface area contributed by atoms with E-state index in [-0.39, 0.29) is 5.90 Å². The summed E-state index contributed by atoms with van der Waals surface area (Å²) in [6.07, 6.45) is 0. The Kier molecular flexibility index (Phi) is 3.48. The fourth-order valence-corrected chi connectivity index (χ4v) is 1.23. The first-order valence-electron chi connectivity index (χ1n) is 4.36. The predicted molar refractivity (Wildman–Crippen MR) is 57.7 cm³/mol. The van der Waals surface area contributed by atoms with E-state index in [0.29, 0.717) is 6.54 Å². The van der Waals surface area contributed by atoms with Gasteiger partial charge in [-0.05, 0) is 17.7 Å². The standard InChI is InChI=1S/C10H15N3O/c1-13-9-4-3-7(6-11)5-8(9)10(12)14-2/h3-5,12-13H,6,11H2,1-2H3. The Morgan fingerprint density at radius 2 is 2.29 bits per heavy atom. The van der Waals surface area contributed by atoms with Crippen LogP contribution in [0, 0.1) is 5.41 Å². The van der Waals surface area contributed by atoms with Crippen LogP contribution in [-0.4, -0.2) is 20.1 Å². The number of nitrogens with one attached hydrogen (secondary N) is 2. The highest BCUT2D eigenvalue weighted by atomic mass is 16.5. The summed E-state index contributed by atoms with van der Waals surface area (Å²) in [5.41, 5.74) is 8.11. The molecule has 0 fully saturated rings. The van der Waals surface area contributed by atoms with Gasteiger partial charge in [-0.1, -0.05) is 6.07 Å². The van der Waals surface area contributed by atoms with Gasteiger partial charge in [0.2, 0.25) is 5.90 Å². The molecule has 1 aromatic rings. The minimum absolute atomic E-state index is 0.143. The van der Waals surface area contributed by atoms with E-state index in [2.05, 4.69) is 5.32 Å². The first-order chi connectivity index (χ1) is 6.72.